The van der Waals surface area contributed by atoms with Gasteiger partial charge in [-0.1, -0.05) is 218 Å². The lowest BCUT2D eigenvalue weighted by Gasteiger charge is -2.20. The second-order valence-corrected chi connectivity index (χ2v) is 19.0. The summed E-state index contributed by atoms with van der Waals surface area (Å²) in [5.74, 6) is -0.920. The van der Waals surface area contributed by atoms with Gasteiger partial charge in [-0.05, 0) is 44.9 Å². The van der Waals surface area contributed by atoms with Crippen LogP contribution in [0, 0.1) is 0 Å². The van der Waals surface area contributed by atoms with Crippen molar-refractivity contribution in [1.29, 1.82) is 0 Å². The number of hydrogen-bond acceptors (Lipinski definition) is 9. The highest BCUT2D eigenvalue weighted by molar-refractivity contribution is 7.47. The predicted octanol–water partition coefficient (Wildman–Crippen LogP) is 14.5. The number of carbonyl (C=O) groups excluding carboxylic acids is 2. The highest BCUT2D eigenvalue weighted by Gasteiger charge is 2.27. The van der Waals surface area contributed by atoms with Gasteiger partial charge < -0.3 is 24.6 Å². The van der Waals surface area contributed by atoms with Gasteiger partial charge in [-0.3, -0.25) is 18.6 Å². The second-order valence-electron chi connectivity index (χ2n) is 17.6. The van der Waals surface area contributed by atoms with Crippen LogP contribution in [0.3, 0.4) is 0 Å². The van der Waals surface area contributed by atoms with Crippen LogP contribution >= 0.6 is 7.82 Å². The molecular weight excluding hydrogens is 804 g/mol. The largest absolute Gasteiger partial charge is 0.472 e. The van der Waals surface area contributed by atoms with Gasteiger partial charge in [0, 0.05) is 12.8 Å². The van der Waals surface area contributed by atoms with Crippen LogP contribution in [0.5, 0.6) is 0 Å². The molecule has 10 nitrogen and oxygen atoms in total. The lowest BCUT2D eigenvalue weighted by molar-refractivity contribution is -0.161. The van der Waals surface area contributed by atoms with Crippen molar-refractivity contribution in [2.75, 3.05) is 26.4 Å². The number of ether oxygens (including phenoxy) is 2. The zero-order valence-electron chi connectivity index (χ0n) is 40.1. The number of phosphoric ester groups is 1. The van der Waals surface area contributed by atoms with Crippen LogP contribution in [0.2, 0.25) is 0 Å². The Morgan fingerprint density at radius 1 is 0.484 bits per heavy atom. The summed E-state index contributed by atoms with van der Waals surface area (Å²) in [6, 6.07) is 0. The molecule has 1 unspecified atom stereocenters. The Bertz CT molecular complexity index is 1080. The third kappa shape index (κ3) is 46.4. The molecule has 0 spiro atoms. The molecule has 3 atom stereocenters. The van der Waals surface area contributed by atoms with Crippen molar-refractivity contribution in [3.63, 3.8) is 0 Å². The molecule has 0 aromatic carbocycles. The molecule has 0 aromatic rings. The highest BCUT2D eigenvalue weighted by Crippen LogP contribution is 2.43. The Hall–Kier alpha value is -1.55. The number of aliphatic hydroxyl groups is 2. The van der Waals surface area contributed by atoms with E-state index in [4.69, 9.17) is 23.6 Å². The molecule has 0 aliphatic heterocycles. The number of esters is 2. The fourth-order valence-electron chi connectivity index (χ4n) is 7.38. The predicted molar refractivity (Wildman–Crippen MR) is 256 cm³/mol. The van der Waals surface area contributed by atoms with Crippen molar-refractivity contribution >= 4 is 19.8 Å². The standard InChI is InChI=1S/C51H97O10P/c1-3-5-7-9-11-13-15-17-19-21-22-23-24-25-27-28-30-32-34-36-38-40-42-50(54)58-46-49(47-60-62(56,57)59-45-48(53)44-52)61-51(55)43-41-39-37-35-33-31-29-26-20-18-16-14-12-10-8-6-4-2/h12,14,18,20,48-49,52-53H,3-11,13,15-17,19,21-47H2,1-2H3,(H,56,57)/b14-12+,20-18+/t48-,49-/m1/s1. The fraction of sp³-hybridized carbons (Fsp3) is 0.882. The topological polar surface area (TPSA) is 149 Å². The molecule has 0 fully saturated rings. The summed E-state index contributed by atoms with van der Waals surface area (Å²) in [6.45, 7) is 2.40. The van der Waals surface area contributed by atoms with Crippen LogP contribution in [-0.4, -0.2) is 65.7 Å². The highest BCUT2D eigenvalue weighted by atomic mass is 31.2. The van der Waals surface area contributed by atoms with Crippen LogP contribution in [0.1, 0.15) is 251 Å². The number of unbranched alkanes of at least 4 members (excludes halogenated alkanes) is 31. The Morgan fingerprint density at radius 3 is 1.27 bits per heavy atom. The van der Waals surface area contributed by atoms with Crippen molar-refractivity contribution in [1.82, 2.24) is 0 Å². The van der Waals surface area contributed by atoms with Gasteiger partial charge in [-0.25, -0.2) is 4.57 Å². The third-order valence-corrected chi connectivity index (χ3v) is 12.3. The molecule has 0 saturated heterocycles. The zero-order chi connectivity index (χ0) is 45.5. The summed E-state index contributed by atoms with van der Waals surface area (Å²) in [5.41, 5.74) is 0. The number of rotatable bonds is 49. The summed E-state index contributed by atoms with van der Waals surface area (Å²) < 4.78 is 32.9. The van der Waals surface area contributed by atoms with Gasteiger partial charge >= 0.3 is 19.8 Å². The van der Waals surface area contributed by atoms with Crippen molar-refractivity contribution in [2.24, 2.45) is 0 Å². The monoisotopic (exact) mass is 901 g/mol. The van der Waals surface area contributed by atoms with E-state index in [1.165, 1.54) is 161 Å². The summed E-state index contributed by atoms with van der Waals surface area (Å²) in [5, 5.41) is 18.4. The minimum atomic E-state index is -4.62. The molecule has 0 radical (unpaired) electrons. The molecule has 0 aliphatic carbocycles. The molecule has 62 heavy (non-hydrogen) atoms. The molecule has 0 aliphatic rings. The average Bonchev–Trinajstić information content (AvgIpc) is 3.26. The van der Waals surface area contributed by atoms with E-state index in [9.17, 15) is 24.2 Å². The third-order valence-electron chi connectivity index (χ3n) is 11.4. The SMILES string of the molecule is CCCCC/C=C/C/C=C/CCCCCCCCCC(=O)O[C@H](COC(=O)CCCCCCCCCCCCCCCCCCCCCCCC)COP(=O)(O)OC[C@H](O)CO. The van der Waals surface area contributed by atoms with Crippen molar-refractivity contribution in [2.45, 2.75) is 264 Å². The molecular formula is C51H97O10P. The van der Waals surface area contributed by atoms with Gasteiger partial charge in [0.2, 0.25) is 0 Å². The average molecular weight is 901 g/mol. The lowest BCUT2D eigenvalue weighted by atomic mass is 10.0. The molecule has 11 heteroatoms. The van der Waals surface area contributed by atoms with Crippen molar-refractivity contribution in [3.05, 3.63) is 24.3 Å². The van der Waals surface area contributed by atoms with Gasteiger partial charge in [-0.15, -0.1) is 0 Å². The number of allylic oxidation sites excluding steroid dienone is 4. The Kier molecular flexibility index (Phi) is 46.2. The van der Waals surface area contributed by atoms with Crippen molar-refractivity contribution < 1.29 is 47.8 Å². The number of phosphoric acid groups is 1. The minimum absolute atomic E-state index is 0.178. The number of aliphatic hydroxyl groups excluding tert-OH is 2. The first-order chi connectivity index (χ1) is 30.2. The zero-order valence-corrected chi connectivity index (χ0v) is 41.0. The number of carbonyl (C=O) groups is 2. The molecule has 366 valence electrons. The van der Waals surface area contributed by atoms with E-state index in [0.717, 1.165) is 51.4 Å². The van der Waals surface area contributed by atoms with E-state index in [1.54, 1.807) is 0 Å². The summed E-state index contributed by atoms with van der Waals surface area (Å²) in [4.78, 5) is 35.2. The fourth-order valence-corrected chi connectivity index (χ4v) is 8.17. The number of hydrogen-bond donors (Lipinski definition) is 3. The van der Waals surface area contributed by atoms with E-state index < -0.39 is 51.8 Å². The van der Waals surface area contributed by atoms with Gasteiger partial charge in [0.1, 0.15) is 12.7 Å². The van der Waals surface area contributed by atoms with Gasteiger partial charge in [0.25, 0.3) is 0 Å². The summed E-state index contributed by atoms with van der Waals surface area (Å²) >= 11 is 0. The Balaban J connectivity index is 4.13. The lowest BCUT2D eigenvalue weighted by Crippen LogP contribution is -2.29. The van der Waals surface area contributed by atoms with Crippen LogP contribution in [-0.2, 0) is 32.7 Å². The van der Waals surface area contributed by atoms with Crippen LogP contribution in [0.25, 0.3) is 0 Å². The van der Waals surface area contributed by atoms with Crippen LogP contribution < -0.4 is 0 Å². The van der Waals surface area contributed by atoms with Gasteiger partial charge in [0.15, 0.2) is 6.10 Å². The van der Waals surface area contributed by atoms with E-state index in [0.29, 0.717) is 12.8 Å². The first kappa shape index (κ1) is 60.5. The smallest absolute Gasteiger partial charge is 0.462 e. The summed E-state index contributed by atoms with van der Waals surface area (Å²) in [7, 11) is -4.62. The van der Waals surface area contributed by atoms with E-state index >= 15 is 0 Å². The second kappa shape index (κ2) is 47.4. The Labute approximate surface area is 380 Å². The molecule has 0 rings (SSSR count). The normalized spacial score (nSPS) is 13.8. The molecule has 0 aromatic heterocycles. The first-order valence-electron chi connectivity index (χ1n) is 25.8. The Morgan fingerprint density at radius 2 is 0.839 bits per heavy atom. The first-order valence-corrected chi connectivity index (χ1v) is 27.3. The molecule has 0 heterocycles. The summed E-state index contributed by atoms with van der Waals surface area (Å²) in [6.07, 6.45) is 50.0. The van der Waals surface area contributed by atoms with E-state index in [1.807, 2.05) is 0 Å². The molecule has 0 saturated carbocycles. The maximum absolute atomic E-state index is 12.7. The minimum Gasteiger partial charge on any atom is -0.462 e. The van der Waals surface area contributed by atoms with E-state index in [-0.39, 0.29) is 19.4 Å². The molecule has 0 amide bonds. The molecule has 0 bridgehead atoms. The molecule has 3 N–H and O–H groups in total. The maximum atomic E-state index is 12.7. The van der Waals surface area contributed by atoms with Crippen LogP contribution in [0.15, 0.2) is 24.3 Å². The maximum Gasteiger partial charge on any atom is 0.472 e. The van der Waals surface area contributed by atoms with Crippen LogP contribution in [0.4, 0.5) is 0 Å². The van der Waals surface area contributed by atoms with Gasteiger partial charge in [0.05, 0.1) is 19.8 Å². The van der Waals surface area contributed by atoms with Gasteiger partial charge in [-0.2, -0.15) is 0 Å². The van der Waals surface area contributed by atoms with E-state index in [2.05, 4.69) is 38.2 Å². The quantitative estimate of drug-likeness (QED) is 0.0233. The van der Waals surface area contributed by atoms with Crippen molar-refractivity contribution in [3.8, 4) is 0 Å².